The molecule has 1 saturated heterocycles. The number of hydrogen-bond donors (Lipinski definition) is 3. The highest BCUT2D eigenvalue weighted by Gasteiger charge is 2.37. The van der Waals surface area contributed by atoms with E-state index in [1.54, 1.807) is 0 Å². The van der Waals surface area contributed by atoms with Crippen molar-refractivity contribution in [2.45, 2.75) is 70.4 Å². The minimum Gasteiger partial charge on any atom is -0.344 e. The van der Waals surface area contributed by atoms with Gasteiger partial charge in [0.2, 0.25) is 5.91 Å². The first kappa shape index (κ1) is 29.3. The lowest BCUT2D eigenvalue weighted by Gasteiger charge is -2.31. The zero-order valence-corrected chi connectivity index (χ0v) is 26.6. The van der Waals surface area contributed by atoms with E-state index in [1.165, 1.54) is 36.8 Å². The first-order chi connectivity index (χ1) is 21.9. The van der Waals surface area contributed by atoms with Crippen molar-refractivity contribution in [1.82, 2.24) is 35.1 Å². The molecule has 234 valence electrons. The van der Waals surface area contributed by atoms with Crippen molar-refractivity contribution in [2.75, 3.05) is 26.7 Å². The number of aromatic nitrogens is 4. The average Bonchev–Trinajstić information content (AvgIpc) is 3.90. The zero-order chi connectivity index (χ0) is 30.9. The van der Waals surface area contributed by atoms with Crippen molar-refractivity contribution in [1.29, 1.82) is 0 Å². The second-order valence-electron chi connectivity index (χ2n) is 13.2. The van der Waals surface area contributed by atoms with Gasteiger partial charge in [0, 0.05) is 26.1 Å². The summed E-state index contributed by atoms with van der Waals surface area (Å²) >= 11 is 0. The summed E-state index contributed by atoms with van der Waals surface area (Å²) < 4.78 is 0. The van der Waals surface area contributed by atoms with E-state index in [2.05, 4.69) is 92.5 Å². The number of carbonyl (C=O) groups is 1. The van der Waals surface area contributed by atoms with Gasteiger partial charge in [-0.1, -0.05) is 75.2 Å². The number of aromatic amines is 2. The number of guanidine groups is 1. The second kappa shape index (κ2) is 12.5. The van der Waals surface area contributed by atoms with Gasteiger partial charge in [-0.15, -0.1) is 0 Å². The normalized spacial score (nSPS) is 19.5. The summed E-state index contributed by atoms with van der Waals surface area (Å²) in [5.74, 6) is 3.63. The number of amides is 1. The number of nitrogens with one attached hydrogen (secondary N) is 3. The van der Waals surface area contributed by atoms with Gasteiger partial charge in [-0.05, 0) is 53.9 Å². The van der Waals surface area contributed by atoms with Crippen molar-refractivity contribution in [2.24, 2.45) is 10.9 Å². The van der Waals surface area contributed by atoms with Gasteiger partial charge in [0.25, 0.3) is 0 Å². The minimum absolute atomic E-state index is 0.0561. The van der Waals surface area contributed by atoms with Crippen LogP contribution in [0.2, 0.25) is 0 Å². The standard InChI is InChI=1S/C36H44N8O/c1-23(2)32(42-36-37-18-20-43(36)3)35(45)44-19-6-9-31(44)34-39-22-30(41-34)27-16-12-25(13-17-27)24-10-14-26(15-11-24)29-21-38-33(40-29)28-7-4-5-8-28/h10-17,21-23,28,31-32H,4-9,18-20H2,1-3H3,(H,37,42)(H,38,40)(H,39,41)/t31-,32+/m0/s1. The van der Waals surface area contributed by atoms with E-state index >= 15 is 0 Å². The van der Waals surface area contributed by atoms with Gasteiger partial charge < -0.3 is 25.1 Å². The van der Waals surface area contributed by atoms with Crippen LogP contribution in [0.25, 0.3) is 33.6 Å². The largest absolute Gasteiger partial charge is 0.344 e. The van der Waals surface area contributed by atoms with Gasteiger partial charge in [-0.25, -0.2) is 9.97 Å². The summed E-state index contributed by atoms with van der Waals surface area (Å²) in [7, 11) is 2.01. The van der Waals surface area contributed by atoms with Crippen LogP contribution in [0.3, 0.4) is 0 Å². The molecule has 2 atom stereocenters. The fraction of sp³-hybridized carbons (Fsp3) is 0.444. The van der Waals surface area contributed by atoms with E-state index in [0.29, 0.717) is 5.92 Å². The molecule has 3 N–H and O–H groups in total. The zero-order valence-electron chi connectivity index (χ0n) is 26.6. The van der Waals surface area contributed by atoms with Crippen LogP contribution in [0, 0.1) is 5.92 Å². The van der Waals surface area contributed by atoms with Crippen molar-refractivity contribution in [3.05, 3.63) is 72.6 Å². The van der Waals surface area contributed by atoms with Gasteiger partial charge >= 0.3 is 0 Å². The molecule has 2 aromatic carbocycles. The Labute approximate surface area is 265 Å². The van der Waals surface area contributed by atoms with Crippen molar-refractivity contribution in [3.63, 3.8) is 0 Å². The highest BCUT2D eigenvalue weighted by atomic mass is 16.2. The number of hydrogen-bond acceptors (Lipinski definition) is 6. The quantitative estimate of drug-likeness (QED) is 0.217. The molecule has 9 heteroatoms. The number of likely N-dealkylation sites (tertiary alicyclic amines) is 1. The van der Waals surface area contributed by atoms with Crippen LogP contribution in [-0.2, 0) is 4.79 Å². The summed E-state index contributed by atoms with van der Waals surface area (Å²) in [5.41, 5.74) is 6.62. The molecular formula is C36H44N8O. The molecule has 2 aromatic heterocycles. The van der Waals surface area contributed by atoms with Crippen molar-refractivity contribution in [3.8, 4) is 33.6 Å². The van der Waals surface area contributed by atoms with E-state index in [9.17, 15) is 4.79 Å². The Morgan fingerprint density at radius 1 is 0.800 bits per heavy atom. The molecule has 2 fully saturated rings. The summed E-state index contributed by atoms with van der Waals surface area (Å²) in [5, 5.41) is 3.44. The number of benzene rings is 2. The van der Waals surface area contributed by atoms with E-state index in [0.717, 1.165) is 72.6 Å². The van der Waals surface area contributed by atoms with Gasteiger partial charge in [-0.2, -0.15) is 0 Å². The molecule has 0 bridgehead atoms. The minimum atomic E-state index is -0.324. The lowest BCUT2D eigenvalue weighted by atomic mass is 10.0. The molecule has 3 aliphatic rings. The summed E-state index contributed by atoms with van der Waals surface area (Å²) in [6.45, 7) is 6.56. The number of H-pyrrole nitrogens is 2. The van der Waals surface area contributed by atoms with Crippen LogP contribution in [0.5, 0.6) is 0 Å². The number of rotatable bonds is 8. The summed E-state index contributed by atoms with van der Waals surface area (Å²) in [6.07, 6.45) is 10.8. The van der Waals surface area contributed by atoms with Crippen molar-refractivity contribution < 1.29 is 4.79 Å². The maximum atomic E-state index is 13.8. The van der Waals surface area contributed by atoms with Crippen molar-refractivity contribution >= 4 is 11.9 Å². The topological polar surface area (TPSA) is 105 Å². The third kappa shape index (κ3) is 6.00. The molecule has 9 nitrogen and oxygen atoms in total. The van der Waals surface area contributed by atoms with E-state index in [4.69, 9.17) is 4.98 Å². The Kier molecular flexibility index (Phi) is 8.17. The van der Waals surface area contributed by atoms with Gasteiger partial charge in [0.05, 0.1) is 36.4 Å². The number of carbonyl (C=O) groups excluding carboxylic acids is 1. The van der Waals surface area contributed by atoms with Crippen LogP contribution >= 0.6 is 0 Å². The maximum Gasteiger partial charge on any atom is 0.246 e. The SMILES string of the molecule is CC(C)[C@@H](NC1=NCCN1C)C(=O)N1CCC[C@H]1c1ncc(-c2ccc(-c3ccc(-c4cnc(C5CCCC5)[nH]4)cc3)cc2)[nH]1. The Morgan fingerprint density at radius 2 is 1.38 bits per heavy atom. The predicted molar refractivity (Wildman–Crippen MR) is 179 cm³/mol. The fourth-order valence-corrected chi connectivity index (χ4v) is 7.06. The van der Waals surface area contributed by atoms with Gasteiger partial charge in [-0.3, -0.25) is 9.79 Å². The predicted octanol–water partition coefficient (Wildman–Crippen LogP) is 6.37. The lowest BCUT2D eigenvalue weighted by Crippen LogP contribution is -2.53. The Morgan fingerprint density at radius 3 is 1.96 bits per heavy atom. The summed E-state index contributed by atoms with van der Waals surface area (Å²) in [4.78, 5) is 39.0. The molecule has 2 aliphatic heterocycles. The molecule has 4 aromatic rings. The number of nitrogens with zero attached hydrogens (tertiary/aromatic N) is 5. The molecule has 1 amide bonds. The average molecular weight is 605 g/mol. The molecule has 45 heavy (non-hydrogen) atoms. The third-order valence-corrected chi connectivity index (χ3v) is 9.79. The first-order valence-corrected chi connectivity index (χ1v) is 16.6. The smallest absolute Gasteiger partial charge is 0.246 e. The number of likely N-dealkylation sites (N-methyl/N-ethyl adjacent to an activating group) is 1. The van der Waals surface area contributed by atoms with Gasteiger partial charge in [0.1, 0.15) is 17.7 Å². The summed E-state index contributed by atoms with van der Waals surface area (Å²) in [6, 6.07) is 16.9. The monoisotopic (exact) mass is 604 g/mol. The molecule has 0 unspecified atom stereocenters. The Balaban J connectivity index is 1.02. The third-order valence-electron chi connectivity index (χ3n) is 9.79. The van der Waals surface area contributed by atoms with Crippen LogP contribution in [0.1, 0.15) is 76.0 Å². The Hall–Kier alpha value is -4.40. The van der Waals surface area contributed by atoms with Crippen LogP contribution < -0.4 is 5.32 Å². The molecule has 4 heterocycles. The molecule has 0 spiro atoms. The van der Waals surface area contributed by atoms with E-state index < -0.39 is 0 Å². The van der Waals surface area contributed by atoms with E-state index in [1.807, 2.05) is 24.3 Å². The molecule has 7 rings (SSSR count). The molecule has 1 aliphatic carbocycles. The number of imidazole rings is 2. The first-order valence-electron chi connectivity index (χ1n) is 16.6. The second-order valence-corrected chi connectivity index (χ2v) is 13.2. The van der Waals surface area contributed by atoms with Crippen LogP contribution in [-0.4, -0.2) is 74.3 Å². The fourth-order valence-electron chi connectivity index (χ4n) is 7.06. The highest BCUT2D eigenvalue weighted by molar-refractivity contribution is 5.90. The lowest BCUT2D eigenvalue weighted by molar-refractivity contribution is -0.135. The molecular weight excluding hydrogens is 560 g/mol. The van der Waals surface area contributed by atoms with Crippen LogP contribution in [0.15, 0.2) is 65.9 Å². The molecule has 1 saturated carbocycles. The molecule has 0 radical (unpaired) electrons. The highest BCUT2D eigenvalue weighted by Crippen LogP contribution is 2.35. The van der Waals surface area contributed by atoms with E-state index in [-0.39, 0.29) is 23.9 Å². The van der Waals surface area contributed by atoms with Gasteiger partial charge in [0.15, 0.2) is 5.96 Å². The Bertz CT molecular complexity index is 1640. The number of aliphatic imine (C=N–C) groups is 1. The van der Waals surface area contributed by atoms with Crippen LogP contribution in [0.4, 0.5) is 0 Å². The maximum absolute atomic E-state index is 13.8.